The zero-order valence-electron chi connectivity index (χ0n) is 19.2. The smallest absolute Gasteiger partial charge is 2.00 e. The standard InChI is InChI=1S/C18H36O2.C3H6N2S.Mg.2O.Zn/c1-2-3-4-5-6-7-8-9-10-11-12-13-14-15-16-17-18(19)20;6-3-4-1-2-5-3;;;;/h2-17H2,1H3,(H,19,20);1-2H2,(H2,4,5,6);;;;/q;;+2;2*-2;+2. The second-order valence-corrected chi connectivity index (χ2v) is 7.68. The van der Waals surface area contributed by atoms with Gasteiger partial charge < -0.3 is 26.7 Å². The normalized spacial score (nSPS) is 11.2. The molecule has 0 aromatic rings. The van der Waals surface area contributed by atoms with Gasteiger partial charge in [-0.25, -0.2) is 0 Å². The molecule has 30 heavy (non-hydrogen) atoms. The van der Waals surface area contributed by atoms with Gasteiger partial charge in [0.2, 0.25) is 0 Å². The summed E-state index contributed by atoms with van der Waals surface area (Å²) in [5.41, 5.74) is 0. The van der Waals surface area contributed by atoms with Gasteiger partial charge in [0, 0.05) is 19.5 Å². The third-order valence-electron chi connectivity index (χ3n) is 4.69. The number of nitrogens with one attached hydrogen (secondary N) is 2. The summed E-state index contributed by atoms with van der Waals surface area (Å²) in [6, 6.07) is 0. The molecule has 0 unspecified atom stereocenters. The van der Waals surface area contributed by atoms with Gasteiger partial charge in [0.25, 0.3) is 0 Å². The molecule has 1 fully saturated rings. The number of rotatable bonds is 16. The summed E-state index contributed by atoms with van der Waals surface area (Å²) in [5, 5.41) is 15.2. The monoisotopic (exact) mass is 506 g/mol. The minimum Gasteiger partial charge on any atom is -2.00 e. The molecule has 9 heteroatoms. The van der Waals surface area contributed by atoms with E-state index in [-0.39, 0.29) is 53.5 Å². The first-order valence-electron chi connectivity index (χ1n) is 10.9. The van der Waals surface area contributed by atoms with Gasteiger partial charge >= 0.3 is 48.5 Å². The molecule has 1 rings (SSSR count). The topological polar surface area (TPSA) is 118 Å². The van der Waals surface area contributed by atoms with E-state index in [0.717, 1.165) is 31.0 Å². The zero-order valence-corrected chi connectivity index (χ0v) is 24.4. The van der Waals surface area contributed by atoms with Crippen LogP contribution in [-0.4, -0.2) is 52.3 Å². The average molecular weight is 508 g/mol. The summed E-state index contributed by atoms with van der Waals surface area (Å²) in [7, 11) is 0. The Kier molecular flexibility index (Phi) is 46.4. The molecule has 0 saturated carbocycles. The van der Waals surface area contributed by atoms with Gasteiger partial charge in [-0.1, -0.05) is 96.8 Å². The fourth-order valence-electron chi connectivity index (χ4n) is 3.06. The van der Waals surface area contributed by atoms with E-state index in [1.165, 1.54) is 83.5 Å². The molecular weight excluding hydrogens is 466 g/mol. The second kappa shape index (κ2) is 34.1. The summed E-state index contributed by atoms with van der Waals surface area (Å²) in [4.78, 5) is 10.3. The maximum atomic E-state index is 10.3. The Labute approximate surface area is 219 Å². The number of hydrogen-bond donors (Lipinski definition) is 3. The molecule has 0 amide bonds. The van der Waals surface area contributed by atoms with E-state index in [4.69, 9.17) is 17.3 Å². The van der Waals surface area contributed by atoms with Crippen molar-refractivity contribution < 1.29 is 40.3 Å². The maximum Gasteiger partial charge on any atom is 2.00 e. The largest absolute Gasteiger partial charge is 2.00 e. The van der Waals surface area contributed by atoms with E-state index >= 15 is 0 Å². The molecular formula is C21H42MgN2O4SZn. The number of unbranched alkanes of at least 4 members (excludes halogenated alkanes) is 14. The van der Waals surface area contributed by atoms with Crippen LogP contribution in [0.3, 0.4) is 0 Å². The second-order valence-electron chi connectivity index (χ2n) is 7.28. The maximum absolute atomic E-state index is 10.3. The molecule has 170 valence electrons. The third kappa shape index (κ3) is 35.9. The number of thiocarbonyl (C=S) groups is 1. The molecule has 0 aliphatic carbocycles. The van der Waals surface area contributed by atoms with Crippen LogP contribution in [0.4, 0.5) is 0 Å². The molecule has 1 heterocycles. The van der Waals surface area contributed by atoms with E-state index in [1.807, 2.05) is 0 Å². The molecule has 0 bridgehead atoms. The predicted octanol–water partition coefficient (Wildman–Crippen LogP) is 5.18. The van der Waals surface area contributed by atoms with E-state index in [0.29, 0.717) is 6.42 Å². The summed E-state index contributed by atoms with van der Waals surface area (Å²) in [5.74, 6) is -0.653. The van der Waals surface area contributed by atoms with Crippen LogP contribution >= 0.6 is 12.2 Å². The molecule has 1 saturated heterocycles. The third-order valence-corrected chi connectivity index (χ3v) is 4.98. The predicted molar refractivity (Wildman–Crippen MR) is 123 cm³/mol. The number of hydrogen-bond acceptors (Lipinski definition) is 2. The number of carboxylic acid groups (broad SMARTS) is 1. The fourth-order valence-corrected chi connectivity index (χ4v) is 3.27. The summed E-state index contributed by atoms with van der Waals surface area (Å²) < 4.78 is 0. The van der Waals surface area contributed by atoms with Crippen molar-refractivity contribution in [1.29, 1.82) is 0 Å². The molecule has 0 spiro atoms. The molecule has 6 nitrogen and oxygen atoms in total. The zero-order chi connectivity index (χ0) is 19.3. The summed E-state index contributed by atoms with van der Waals surface area (Å²) in [6.45, 7) is 4.24. The summed E-state index contributed by atoms with van der Waals surface area (Å²) in [6.07, 6.45) is 20.2. The van der Waals surface area contributed by atoms with Crippen LogP contribution in [0, 0.1) is 0 Å². The van der Waals surface area contributed by atoms with Gasteiger partial charge in [-0.05, 0) is 18.6 Å². The van der Waals surface area contributed by atoms with Crippen molar-refractivity contribution in [1.82, 2.24) is 10.6 Å². The number of aliphatic carboxylic acids is 1. The van der Waals surface area contributed by atoms with Gasteiger partial charge in [-0.15, -0.1) is 0 Å². The SMILES string of the molecule is CCCCCCCCCCCCCCCCCC(=O)O.S=C1NCCN1.[Mg+2].[O-2].[O-2].[Zn+2]. The van der Waals surface area contributed by atoms with E-state index in [9.17, 15) is 4.79 Å². The Balaban J connectivity index is -0.000000179. The molecule has 1 aliphatic rings. The molecule has 0 aromatic heterocycles. The van der Waals surface area contributed by atoms with Gasteiger partial charge in [0.15, 0.2) is 5.11 Å². The van der Waals surface area contributed by atoms with Crippen molar-refractivity contribution in [3.8, 4) is 0 Å². The van der Waals surface area contributed by atoms with Gasteiger partial charge in [0.1, 0.15) is 0 Å². The van der Waals surface area contributed by atoms with Crippen molar-refractivity contribution in [3.05, 3.63) is 0 Å². The molecule has 3 N–H and O–H groups in total. The van der Waals surface area contributed by atoms with E-state index in [1.54, 1.807) is 0 Å². The summed E-state index contributed by atoms with van der Waals surface area (Å²) >= 11 is 4.70. The first-order chi connectivity index (χ1) is 12.7. The van der Waals surface area contributed by atoms with Gasteiger partial charge in [-0.2, -0.15) is 0 Å². The Morgan fingerprint density at radius 1 is 0.767 bits per heavy atom. The molecule has 1 aliphatic heterocycles. The van der Waals surface area contributed by atoms with Crippen LogP contribution in [0.25, 0.3) is 0 Å². The van der Waals surface area contributed by atoms with Gasteiger partial charge in [0.05, 0.1) is 0 Å². The molecule has 0 atom stereocenters. The minimum absolute atomic E-state index is 0. The number of carboxylic acids is 1. The Morgan fingerprint density at radius 3 is 1.30 bits per heavy atom. The Hall–Kier alpha value is 0.470. The number of carbonyl (C=O) groups is 1. The Morgan fingerprint density at radius 2 is 1.07 bits per heavy atom. The van der Waals surface area contributed by atoms with Crippen LogP contribution in [0.15, 0.2) is 0 Å². The quantitative estimate of drug-likeness (QED) is 0.151. The minimum atomic E-state index is -0.653. The van der Waals surface area contributed by atoms with Crippen molar-refractivity contribution in [2.24, 2.45) is 0 Å². The fraction of sp³-hybridized carbons (Fsp3) is 0.905. The van der Waals surface area contributed by atoms with Crippen LogP contribution in [0.5, 0.6) is 0 Å². The van der Waals surface area contributed by atoms with Gasteiger partial charge in [-0.3, -0.25) is 4.79 Å². The molecule has 0 aromatic carbocycles. The average Bonchev–Trinajstić information content (AvgIpc) is 3.09. The van der Waals surface area contributed by atoms with Crippen LogP contribution in [-0.2, 0) is 35.2 Å². The van der Waals surface area contributed by atoms with Crippen molar-refractivity contribution in [2.75, 3.05) is 13.1 Å². The first-order valence-corrected chi connectivity index (χ1v) is 11.3. The van der Waals surface area contributed by atoms with Crippen LogP contribution in [0.2, 0.25) is 0 Å². The first kappa shape index (κ1) is 40.8. The van der Waals surface area contributed by atoms with Crippen LogP contribution < -0.4 is 10.6 Å². The van der Waals surface area contributed by atoms with E-state index in [2.05, 4.69) is 17.6 Å². The molecule has 0 radical (unpaired) electrons. The van der Waals surface area contributed by atoms with Crippen molar-refractivity contribution in [3.63, 3.8) is 0 Å². The van der Waals surface area contributed by atoms with Crippen molar-refractivity contribution >= 4 is 46.4 Å². The Bertz CT molecular complexity index is 349. The van der Waals surface area contributed by atoms with Crippen LogP contribution in [0.1, 0.15) is 110 Å². The van der Waals surface area contributed by atoms with Crippen molar-refractivity contribution in [2.45, 2.75) is 110 Å². The van der Waals surface area contributed by atoms with E-state index < -0.39 is 5.97 Å².